The Morgan fingerprint density at radius 3 is 2.19 bits per heavy atom. The highest BCUT2D eigenvalue weighted by Gasteiger charge is 2.26. The first-order valence-electron chi connectivity index (χ1n) is 8.84. The van der Waals surface area contributed by atoms with E-state index >= 15 is 0 Å². The zero-order chi connectivity index (χ0) is 19.2. The Hall–Kier alpha value is -2.57. The van der Waals surface area contributed by atoms with Crippen LogP contribution in [-0.4, -0.2) is 44.8 Å². The van der Waals surface area contributed by atoms with Gasteiger partial charge in [-0.15, -0.1) is 0 Å². The average Bonchev–Trinajstić information content (AvgIpc) is 2.72. The number of methoxy groups -OCH3 is 1. The SMILES string of the molecule is COCC(c1ccc(C#N)cc1)N1CCN(c2ccc(C#N)cc2Cl)CC1. The molecule has 0 amide bonds. The molecule has 3 rings (SSSR count). The summed E-state index contributed by atoms with van der Waals surface area (Å²) in [5, 5.41) is 18.6. The highest BCUT2D eigenvalue weighted by molar-refractivity contribution is 6.33. The van der Waals surface area contributed by atoms with Gasteiger partial charge in [0.1, 0.15) is 0 Å². The van der Waals surface area contributed by atoms with Crippen molar-refractivity contribution < 1.29 is 4.74 Å². The fraction of sp³-hybridized carbons (Fsp3) is 0.333. The first kappa shape index (κ1) is 19.2. The minimum atomic E-state index is 0.154. The summed E-state index contributed by atoms with van der Waals surface area (Å²) in [6.07, 6.45) is 0. The van der Waals surface area contributed by atoms with Gasteiger partial charge in [0.05, 0.1) is 46.6 Å². The van der Waals surface area contributed by atoms with E-state index in [2.05, 4.69) is 21.9 Å². The van der Waals surface area contributed by atoms with E-state index in [1.807, 2.05) is 30.3 Å². The molecule has 0 aliphatic carbocycles. The zero-order valence-corrected chi connectivity index (χ0v) is 16.0. The summed E-state index contributed by atoms with van der Waals surface area (Å²) in [6, 6.07) is 17.6. The molecular formula is C21H21ClN4O. The molecule has 1 atom stereocenters. The molecule has 138 valence electrons. The Kier molecular flexibility index (Phi) is 6.32. The molecule has 0 radical (unpaired) electrons. The summed E-state index contributed by atoms with van der Waals surface area (Å²) in [6.45, 7) is 4.06. The van der Waals surface area contributed by atoms with Gasteiger partial charge in [0.25, 0.3) is 0 Å². The molecule has 27 heavy (non-hydrogen) atoms. The van der Waals surface area contributed by atoms with Crippen LogP contribution in [-0.2, 0) is 4.74 Å². The Morgan fingerprint density at radius 1 is 1.00 bits per heavy atom. The number of hydrogen-bond acceptors (Lipinski definition) is 5. The Balaban J connectivity index is 1.70. The van der Waals surface area contributed by atoms with Crippen molar-refractivity contribution >= 4 is 17.3 Å². The highest BCUT2D eigenvalue weighted by atomic mass is 35.5. The monoisotopic (exact) mass is 380 g/mol. The van der Waals surface area contributed by atoms with Gasteiger partial charge in [0.15, 0.2) is 0 Å². The van der Waals surface area contributed by atoms with Crippen LogP contribution >= 0.6 is 11.6 Å². The normalized spacial score (nSPS) is 15.8. The fourth-order valence-corrected chi connectivity index (χ4v) is 3.76. The predicted molar refractivity (Wildman–Crippen MR) is 106 cm³/mol. The van der Waals surface area contributed by atoms with Crippen LogP contribution < -0.4 is 4.90 Å². The summed E-state index contributed by atoms with van der Waals surface area (Å²) >= 11 is 6.36. The summed E-state index contributed by atoms with van der Waals surface area (Å²) in [4.78, 5) is 4.65. The molecule has 0 spiro atoms. The van der Waals surface area contributed by atoms with E-state index < -0.39 is 0 Å². The summed E-state index contributed by atoms with van der Waals surface area (Å²) < 4.78 is 5.45. The van der Waals surface area contributed by atoms with Gasteiger partial charge in [-0.25, -0.2) is 0 Å². The smallest absolute Gasteiger partial charge is 0.0992 e. The molecule has 1 fully saturated rings. The lowest BCUT2D eigenvalue weighted by atomic mass is 10.0. The molecule has 1 aliphatic rings. The van der Waals surface area contributed by atoms with Crippen LogP contribution in [0.5, 0.6) is 0 Å². The van der Waals surface area contributed by atoms with E-state index in [0.29, 0.717) is 22.8 Å². The number of anilines is 1. The van der Waals surface area contributed by atoms with Crippen molar-refractivity contribution in [3.63, 3.8) is 0 Å². The standard InChI is InChI=1S/C21H21ClN4O/c1-27-15-21(18-5-2-16(13-23)3-6-18)26-10-8-25(9-11-26)20-7-4-17(14-24)12-19(20)22/h2-7,12,21H,8-11,15H2,1H3. The quantitative estimate of drug-likeness (QED) is 0.793. The number of ether oxygens (including phenoxy) is 1. The van der Waals surface area contributed by atoms with Gasteiger partial charge in [-0.05, 0) is 35.9 Å². The van der Waals surface area contributed by atoms with E-state index in [9.17, 15) is 0 Å². The number of piperazine rings is 1. The Morgan fingerprint density at radius 2 is 1.63 bits per heavy atom. The van der Waals surface area contributed by atoms with Gasteiger partial charge in [-0.3, -0.25) is 4.90 Å². The van der Waals surface area contributed by atoms with Crippen LogP contribution in [0.2, 0.25) is 5.02 Å². The molecule has 0 aromatic heterocycles. The molecule has 1 aliphatic heterocycles. The van der Waals surface area contributed by atoms with Gasteiger partial charge >= 0.3 is 0 Å². The van der Waals surface area contributed by atoms with Crippen molar-refractivity contribution in [3.05, 3.63) is 64.2 Å². The minimum absolute atomic E-state index is 0.154. The van der Waals surface area contributed by atoms with Gasteiger partial charge in [0.2, 0.25) is 0 Å². The second-order valence-corrected chi connectivity index (χ2v) is 6.91. The van der Waals surface area contributed by atoms with Crippen LogP contribution in [0.3, 0.4) is 0 Å². The van der Waals surface area contributed by atoms with Crippen molar-refractivity contribution in [1.82, 2.24) is 4.90 Å². The maximum Gasteiger partial charge on any atom is 0.0992 e. The third-order valence-electron chi connectivity index (χ3n) is 4.92. The number of benzene rings is 2. The van der Waals surface area contributed by atoms with E-state index in [1.54, 1.807) is 19.2 Å². The first-order chi connectivity index (χ1) is 13.2. The van der Waals surface area contributed by atoms with Crippen molar-refractivity contribution in [1.29, 1.82) is 10.5 Å². The van der Waals surface area contributed by atoms with Gasteiger partial charge in [-0.2, -0.15) is 10.5 Å². The maximum absolute atomic E-state index is 8.99. The molecule has 5 nitrogen and oxygen atoms in total. The molecule has 1 unspecified atom stereocenters. The van der Waals surface area contributed by atoms with Crippen LogP contribution in [0, 0.1) is 22.7 Å². The third kappa shape index (κ3) is 4.40. The molecular weight excluding hydrogens is 360 g/mol. The second-order valence-electron chi connectivity index (χ2n) is 6.51. The van der Waals surface area contributed by atoms with Crippen molar-refractivity contribution in [2.24, 2.45) is 0 Å². The molecule has 2 aromatic rings. The van der Waals surface area contributed by atoms with Gasteiger partial charge < -0.3 is 9.64 Å². The number of nitriles is 2. The zero-order valence-electron chi connectivity index (χ0n) is 15.2. The summed E-state index contributed by atoms with van der Waals surface area (Å²) in [7, 11) is 1.71. The second kappa shape index (κ2) is 8.88. The predicted octanol–water partition coefficient (Wildman–Crippen LogP) is 3.59. The van der Waals surface area contributed by atoms with Crippen LogP contribution in [0.1, 0.15) is 22.7 Å². The number of nitrogens with zero attached hydrogens (tertiary/aromatic N) is 4. The first-order valence-corrected chi connectivity index (χ1v) is 9.21. The lowest BCUT2D eigenvalue weighted by molar-refractivity contribution is 0.0856. The average molecular weight is 381 g/mol. The number of rotatable bonds is 5. The molecule has 1 heterocycles. The largest absolute Gasteiger partial charge is 0.383 e. The lowest BCUT2D eigenvalue weighted by Crippen LogP contribution is -2.48. The van der Waals surface area contributed by atoms with Crippen LogP contribution in [0.15, 0.2) is 42.5 Å². The molecule has 0 N–H and O–H groups in total. The minimum Gasteiger partial charge on any atom is -0.383 e. The van der Waals surface area contributed by atoms with E-state index in [1.165, 1.54) is 0 Å². The molecule has 0 bridgehead atoms. The van der Waals surface area contributed by atoms with Crippen molar-refractivity contribution in [2.45, 2.75) is 6.04 Å². The number of halogens is 1. The fourth-order valence-electron chi connectivity index (χ4n) is 3.46. The van der Waals surface area contributed by atoms with Crippen LogP contribution in [0.25, 0.3) is 0 Å². The van der Waals surface area contributed by atoms with Crippen molar-refractivity contribution in [3.8, 4) is 12.1 Å². The van der Waals surface area contributed by atoms with E-state index in [4.69, 9.17) is 26.9 Å². The summed E-state index contributed by atoms with van der Waals surface area (Å²) in [5.74, 6) is 0. The van der Waals surface area contributed by atoms with Crippen LogP contribution in [0.4, 0.5) is 5.69 Å². The Labute approximate surface area is 164 Å². The van der Waals surface area contributed by atoms with E-state index in [0.717, 1.165) is 37.4 Å². The lowest BCUT2D eigenvalue weighted by Gasteiger charge is -2.40. The van der Waals surface area contributed by atoms with Gasteiger partial charge in [0, 0.05) is 33.3 Å². The highest BCUT2D eigenvalue weighted by Crippen LogP contribution is 2.29. The van der Waals surface area contributed by atoms with E-state index in [-0.39, 0.29) is 6.04 Å². The van der Waals surface area contributed by atoms with Gasteiger partial charge in [-0.1, -0.05) is 23.7 Å². The number of hydrogen-bond donors (Lipinski definition) is 0. The molecule has 2 aromatic carbocycles. The van der Waals surface area contributed by atoms with Crippen molar-refractivity contribution in [2.75, 3.05) is 44.8 Å². The Bertz CT molecular complexity index is 861. The molecule has 6 heteroatoms. The topological polar surface area (TPSA) is 63.3 Å². The summed E-state index contributed by atoms with van der Waals surface area (Å²) in [5.41, 5.74) is 3.36. The molecule has 1 saturated heterocycles. The maximum atomic E-state index is 8.99. The molecule has 0 saturated carbocycles. The third-order valence-corrected chi connectivity index (χ3v) is 5.22.